The minimum Gasteiger partial charge on any atom is -0.454 e. The zero-order valence-electron chi connectivity index (χ0n) is 16.9. The molecule has 2 rings (SSSR count). The Morgan fingerprint density at radius 1 is 1.00 bits per heavy atom. The number of hydrogen-bond acceptors (Lipinski definition) is 5. The van der Waals surface area contributed by atoms with Crippen LogP contribution in [0.2, 0.25) is 0 Å². The van der Waals surface area contributed by atoms with E-state index < -0.39 is 24.5 Å². The molecule has 0 aliphatic heterocycles. The van der Waals surface area contributed by atoms with Crippen LogP contribution in [0.15, 0.2) is 48.5 Å². The third-order valence-electron chi connectivity index (χ3n) is 4.33. The van der Waals surface area contributed by atoms with Crippen molar-refractivity contribution in [1.29, 1.82) is 0 Å². The first-order valence-corrected chi connectivity index (χ1v) is 10.7. The summed E-state index contributed by atoms with van der Waals surface area (Å²) < 4.78 is 5.18. The van der Waals surface area contributed by atoms with Crippen molar-refractivity contribution in [1.82, 2.24) is 5.32 Å². The number of aryl methyl sites for hydroxylation is 2. The van der Waals surface area contributed by atoms with Gasteiger partial charge in [0.05, 0.1) is 0 Å². The van der Waals surface area contributed by atoms with Crippen LogP contribution >= 0.6 is 11.8 Å². The van der Waals surface area contributed by atoms with Crippen molar-refractivity contribution in [2.24, 2.45) is 0 Å². The standard InChI is InChI=1S/C22H26N2O4S/c1-15-8-7-9-16(2)20(15)24-19(25)14-28-22(27)18(12-13-29-3)23-21(26)17-10-5-4-6-11-17/h4-11,18H,12-14H2,1-3H3,(H,23,26)(H,24,25)/t18-/m1/s1. The van der Waals surface area contributed by atoms with E-state index in [-0.39, 0.29) is 5.91 Å². The van der Waals surface area contributed by atoms with E-state index >= 15 is 0 Å². The lowest BCUT2D eigenvalue weighted by Gasteiger charge is -2.18. The van der Waals surface area contributed by atoms with Crippen molar-refractivity contribution in [2.45, 2.75) is 26.3 Å². The number of para-hydroxylation sites is 1. The number of carbonyl (C=O) groups excluding carboxylic acids is 3. The maximum absolute atomic E-state index is 12.5. The van der Waals surface area contributed by atoms with Gasteiger partial charge in [0.25, 0.3) is 11.8 Å². The van der Waals surface area contributed by atoms with E-state index in [1.807, 2.05) is 44.4 Å². The van der Waals surface area contributed by atoms with Crippen molar-refractivity contribution >= 4 is 35.2 Å². The van der Waals surface area contributed by atoms with Crippen LogP contribution < -0.4 is 10.6 Å². The van der Waals surface area contributed by atoms with Gasteiger partial charge in [-0.15, -0.1) is 0 Å². The highest BCUT2D eigenvalue weighted by atomic mass is 32.2. The molecule has 6 nitrogen and oxygen atoms in total. The van der Waals surface area contributed by atoms with Crippen molar-refractivity contribution in [2.75, 3.05) is 23.9 Å². The van der Waals surface area contributed by atoms with E-state index in [2.05, 4.69) is 10.6 Å². The van der Waals surface area contributed by atoms with E-state index in [1.54, 1.807) is 36.0 Å². The average Bonchev–Trinajstić information content (AvgIpc) is 2.72. The Bertz CT molecular complexity index is 835. The SMILES string of the molecule is CSCC[C@@H](NC(=O)c1ccccc1)C(=O)OCC(=O)Nc1c(C)cccc1C. The van der Waals surface area contributed by atoms with Crippen LogP contribution in [0.25, 0.3) is 0 Å². The van der Waals surface area contributed by atoms with Gasteiger partial charge in [-0.25, -0.2) is 4.79 Å². The second-order valence-corrected chi connectivity index (χ2v) is 7.58. The Balaban J connectivity index is 1.95. The number of anilines is 1. The first kappa shape index (κ1) is 22.5. The number of nitrogens with one attached hydrogen (secondary N) is 2. The fraction of sp³-hybridized carbons (Fsp3) is 0.318. The number of ether oxygens (including phenoxy) is 1. The molecule has 0 fully saturated rings. The zero-order valence-corrected chi connectivity index (χ0v) is 17.7. The van der Waals surface area contributed by atoms with Crippen LogP contribution in [-0.4, -0.2) is 42.4 Å². The summed E-state index contributed by atoms with van der Waals surface area (Å²) in [6.45, 7) is 3.38. The van der Waals surface area contributed by atoms with Crippen LogP contribution in [0.3, 0.4) is 0 Å². The van der Waals surface area contributed by atoms with E-state index in [9.17, 15) is 14.4 Å². The molecule has 0 bridgehead atoms. The third-order valence-corrected chi connectivity index (χ3v) is 4.97. The monoisotopic (exact) mass is 414 g/mol. The molecule has 1 atom stereocenters. The van der Waals surface area contributed by atoms with Gasteiger partial charge in [0, 0.05) is 11.3 Å². The van der Waals surface area contributed by atoms with Gasteiger partial charge in [0.2, 0.25) is 0 Å². The van der Waals surface area contributed by atoms with Gasteiger partial charge in [-0.05, 0) is 55.5 Å². The van der Waals surface area contributed by atoms with E-state index in [0.29, 0.717) is 23.4 Å². The molecule has 2 aromatic rings. The minimum atomic E-state index is -0.817. The van der Waals surface area contributed by atoms with E-state index in [1.165, 1.54) is 0 Å². The topological polar surface area (TPSA) is 84.5 Å². The number of benzene rings is 2. The molecule has 0 spiro atoms. The number of esters is 1. The average molecular weight is 415 g/mol. The van der Waals surface area contributed by atoms with Crippen molar-refractivity contribution in [3.05, 3.63) is 65.2 Å². The Labute approximate surface area is 175 Å². The van der Waals surface area contributed by atoms with Gasteiger partial charge < -0.3 is 15.4 Å². The molecule has 2 amide bonds. The second kappa shape index (κ2) is 11.3. The summed E-state index contributed by atoms with van der Waals surface area (Å²) >= 11 is 1.56. The Morgan fingerprint density at radius 3 is 2.28 bits per heavy atom. The van der Waals surface area contributed by atoms with Crippen LogP contribution in [0.5, 0.6) is 0 Å². The highest BCUT2D eigenvalue weighted by Crippen LogP contribution is 2.19. The predicted octanol–water partition coefficient (Wildman–Crippen LogP) is 3.34. The van der Waals surface area contributed by atoms with Gasteiger partial charge in [0.15, 0.2) is 6.61 Å². The van der Waals surface area contributed by atoms with Gasteiger partial charge >= 0.3 is 5.97 Å². The fourth-order valence-corrected chi connectivity index (χ4v) is 3.21. The summed E-state index contributed by atoms with van der Waals surface area (Å²) in [5, 5.41) is 5.48. The van der Waals surface area contributed by atoms with Crippen LogP contribution in [-0.2, 0) is 14.3 Å². The number of carbonyl (C=O) groups is 3. The van der Waals surface area contributed by atoms with Crippen molar-refractivity contribution in [3.63, 3.8) is 0 Å². The molecule has 0 aliphatic rings. The normalized spacial score (nSPS) is 11.4. The molecule has 0 unspecified atom stereocenters. The number of hydrogen-bond donors (Lipinski definition) is 2. The minimum absolute atomic E-state index is 0.353. The largest absolute Gasteiger partial charge is 0.454 e. The predicted molar refractivity (Wildman–Crippen MR) is 116 cm³/mol. The summed E-state index contributed by atoms with van der Waals surface area (Å²) in [6.07, 6.45) is 2.33. The maximum atomic E-state index is 12.5. The molecule has 0 heterocycles. The second-order valence-electron chi connectivity index (χ2n) is 6.60. The maximum Gasteiger partial charge on any atom is 0.329 e. The fourth-order valence-electron chi connectivity index (χ4n) is 2.74. The van der Waals surface area contributed by atoms with Gasteiger partial charge in [-0.2, -0.15) is 11.8 Å². The zero-order chi connectivity index (χ0) is 21.2. The van der Waals surface area contributed by atoms with Gasteiger partial charge in [-0.1, -0.05) is 36.4 Å². The molecule has 0 aliphatic carbocycles. The van der Waals surface area contributed by atoms with Crippen molar-refractivity contribution < 1.29 is 19.1 Å². The molecule has 7 heteroatoms. The lowest BCUT2D eigenvalue weighted by atomic mass is 10.1. The summed E-state index contributed by atoms with van der Waals surface area (Å²) in [5.74, 6) is -0.730. The van der Waals surface area contributed by atoms with E-state index in [0.717, 1.165) is 11.1 Å². The van der Waals surface area contributed by atoms with Crippen molar-refractivity contribution in [3.8, 4) is 0 Å². The molecule has 2 N–H and O–H groups in total. The molecule has 0 saturated heterocycles. The lowest BCUT2D eigenvalue weighted by Crippen LogP contribution is -2.43. The van der Waals surface area contributed by atoms with Crippen LogP contribution in [0.1, 0.15) is 27.9 Å². The molecular weight excluding hydrogens is 388 g/mol. The molecule has 0 saturated carbocycles. The van der Waals surface area contributed by atoms with Gasteiger partial charge in [-0.3, -0.25) is 9.59 Å². The molecule has 154 valence electrons. The molecule has 0 aromatic heterocycles. The highest BCUT2D eigenvalue weighted by Gasteiger charge is 2.23. The van der Waals surface area contributed by atoms with Crippen LogP contribution in [0, 0.1) is 13.8 Å². The number of rotatable bonds is 9. The summed E-state index contributed by atoms with van der Waals surface area (Å²) in [4.78, 5) is 37.1. The summed E-state index contributed by atoms with van der Waals surface area (Å²) in [5.41, 5.74) is 3.03. The molecule has 29 heavy (non-hydrogen) atoms. The Hall–Kier alpha value is -2.80. The molecule has 2 aromatic carbocycles. The Kier molecular flexibility index (Phi) is 8.73. The Morgan fingerprint density at radius 2 is 1.66 bits per heavy atom. The summed E-state index contributed by atoms with van der Waals surface area (Å²) in [6, 6.07) is 13.5. The third kappa shape index (κ3) is 6.94. The number of thioether (sulfide) groups is 1. The summed E-state index contributed by atoms with van der Waals surface area (Å²) in [7, 11) is 0. The highest BCUT2D eigenvalue weighted by molar-refractivity contribution is 7.98. The smallest absolute Gasteiger partial charge is 0.329 e. The first-order valence-electron chi connectivity index (χ1n) is 9.30. The van der Waals surface area contributed by atoms with E-state index in [4.69, 9.17) is 4.74 Å². The molecule has 0 radical (unpaired) electrons. The lowest BCUT2D eigenvalue weighted by molar-refractivity contribution is -0.149. The number of amides is 2. The molecular formula is C22H26N2O4S. The first-order chi connectivity index (χ1) is 13.9. The van der Waals surface area contributed by atoms with Crippen LogP contribution in [0.4, 0.5) is 5.69 Å². The van der Waals surface area contributed by atoms with Gasteiger partial charge in [0.1, 0.15) is 6.04 Å². The quantitative estimate of drug-likeness (QED) is 0.615.